The van der Waals surface area contributed by atoms with E-state index in [0.29, 0.717) is 16.0 Å². The molecule has 0 fully saturated rings. The smallest absolute Gasteiger partial charge is 0.0455 e. The van der Waals surface area contributed by atoms with Crippen molar-refractivity contribution in [1.29, 1.82) is 0 Å². The minimum absolute atomic E-state index is 0.173. The van der Waals surface area contributed by atoms with Crippen molar-refractivity contribution in [1.82, 2.24) is 0 Å². The molecule has 0 aromatic heterocycles. The van der Waals surface area contributed by atoms with E-state index in [1.54, 1.807) is 6.07 Å². The maximum Gasteiger partial charge on any atom is 0.0455 e. The molecule has 2 aromatic carbocycles. The second-order valence-corrected chi connectivity index (χ2v) is 6.36. The van der Waals surface area contributed by atoms with Gasteiger partial charge in [-0.1, -0.05) is 73.8 Å². The molecule has 3 unspecified atom stereocenters. The highest BCUT2D eigenvalue weighted by molar-refractivity contribution is 6.33. The predicted octanol–water partition coefficient (Wildman–Crippen LogP) is 5.82. The summed E-state index contributed by atoms with van der Waals surface area (Å²) < 4.78 is 0. The van der Waals surface area contributed by atoms with Gasteiger partial charge in [0.15, 0.2) is 0 Å². The van der Waals surface area contributed by atoms with Crippen LogP contribution in [0.3, 0.4) is 0 Å². The van der Waals surface area contributed by atoms with Gasteiger partial charge in [-0.05, 0) is 35.2 Å². The summed E-state index contributed by atoms with van der Waals surface area (Å²) in [5.41, 5.74) is 8.74. The molecule has 3 atom stereocenters. The van der Waals surface area contributed by atoms with Crippen LogP contribution in [0, 0.1) is 5.92 Å². The SMILES string of the molecule is CCC(C)C(c1ccccc1)C(N)c1cc(Cl)ccc1Cl. The zero-order chi connectivity index (χ0) is 15.4. The Balaban J connectivity index is 2.43. The average Bonchev–Trinajstić information content (AvgIpc) is 2.50. The molecule has 0 bridgehead atoms. The van der Waals surface area contributed by atoms with Crippen molar-refractivity contribution in [2.45, 2.75) is 32.2 Å². The number of hydrogen-bond donors (Lipinski definition) is 1. The summed E-state index contributed by atoms with van der Waals surface area (Å²) in [5.74, 6) is 0.671. The molecule has 2 N–H and O–H groups in total. The van der Waals surface area contributed by atoms with Crippen molar-refractivity contribution in [3.05, 3.63) is 69.7 Å². The zero-order valence-electron chi connectivity index (χ0n) is 12.4. The number of nitrogens with two attached hydrogens (primary N) is 1. The summed E-state index contributed by atoms with van der Waals surface area (Å²) in [4.78, 5) is 0. The van der Waals surface area contributed by atoms with Gasteiger partial charge < -0.3 is 5.73 Å². The molecule has 0 heterocycles. The Bertz CT molecular complexity index is 583. The topological polar surface area (TPSA) is 26.0 Å². The lowest BCUT2D eigenvalue weighted by Crippen LogP contribution is -2.25. The summed E-state index contributed by atoms with van der Waals surface area (Å²) in [7, 11) is 0. The molecule has 0 saturated heterocycles. The van der Waals surface area contributed by atoms with Crippen LogP contribution in [-0.4, -0.2) is 0 Å². The first kappa shape index (κ1) is 16.4. The van der Waals surface area contributed by atoms with Crippen LogP contribution >= 0.6 is 23.2 Å². The molecule has 0 amide bonds. The molecule has 1 nitrogen and oxygen atoms in total. The molecule has 0 radical (unpaired) electrons. The van der Waals surface area contributed by atoms with Crippen molar-refractivity contribution < 1.29 is 0 Å². The molecule has 0 saturated carbocycles. The summed E-state index contributed by atoms with van der Waals surface area (Å²) in [6.07, 6.45) is 1.06. The monoisotopic (exact) mass is 321 g/mol. The Hall–Kier alpha value is -1.02. The molecular formula is C18H21Cl2N. The first-order valence-electron chi connectivity index (χ1n) is 7.30. The molecule has 0 spiro atoms. The lowest BCUT2D eigenvalue weighted by molar-refractivity contribution is 0.388. The van der Waals surface area contributed by atoms with E-state index in [2.05, 4.69) is 38.1 Å². The molecular weight excluding hydrogens is 301 g/mol. The molecule has 0 aliphatic rings. The molecule has 2 rings (SSSR count). The Morgan fingerprint density at radius 1 is 1.05 bits per heavy atom. The van der Waals surface area contributed by atoms with E-state index < -0.39 is 0 Å². The maximum atomic E-state index is 6.57. The van der Waals surface area contributed by atoms with Crippen LogP contribution in [0.25, 0.3) is 0 Å². The highest BCUT2D eigenvalue weighted by atomic mass is 35.5. The van der Waals surface area contributed by atoms with Crippen LogP contribution in [0.2, 0.25) is 10.0 Å². The van der Waals surface area contributed by atoms with Gasteiger partial charge in [0, 0.05) is 22.0 Å². The quantitative estimate of drug-likeness (QED) is 0.737. The van der Waals surface area contributed by atoms with E-state index in [1.165, 1.54) is 5.56 Å². The van der Waals surface area contributed by atoms with Crippen LogP contribution < -0.4 is 5.73 Å². The zero-order valence-corrected chi connectivity index (χ0v) is 13.9. The Morgan fingerprint density at radius 2 is 1.71 bits per heavy atom. The fourth-order valence-corrected chi connectivity index (χ4v) is 3.21. The second-order valence-electron chi connectivity index (χ2n) is 5.51. The number of hydrogen-bond acceptors (Lipinski definition) is 1. The first-order valence-corrected chi connectivity index (χ1v) is 8.05. The van der Waals surface area contributed by atoms with Gasteiger partial charge >= 0.3 is 0 Å². The van der Waals surface area contributed by atoms with Crippen LogP contribution in [0.5, 0.6) is 0 Å². The van der Waals surface area contributed by atoms with Gasteiger partial charge in [0.1, 0.15) is 0 Å². The largest absolute Gasteiger partial charge is 0.323 e. The Labute approximate surface area is 137 Å². The Morgan fingerprint density at radius 3 is 2.33 bits per heavy atom. The normalized spacial score (nSPS) is 15.5. The predicted molar refractivity (Wildman–Crippen MR) is 92.0 cm³/mol. The van der Waals surface area contributed by atoms with Crippen molar-refractivity contribution in [3.63, 3.8) is 0 Å². The number of rotatable bonds is 5. The molecule has 0 aliphatic carbocycles. The molecule has 0 aliphatic heterocycles. The van der Waals surface area contributed by atoms with Crippen LogP contribution in [-0.2, 0) is 0 Å². The summed E-state index contributed by atoms with van der Waals surface area (Å²) in [6, 6.07) is 15.7. The van der Waals surface area contributed by atoms with E-state index >= 15 is 0 Å². The maximum absolute atomic E-state index is 6.57. The fraction of sp³-hybridized carbons (Fsp3) is 0.333. The molecule has 3 heteroatoms. The number of benzene rings is 2. The lowest BCUT2D eigenvalue weighted by atomic mass is 9.78. The second kappa shape index (κ2) is 7.31. The summed E-state index contributed by atoms with van der Waals surface area (Å²) >= 11 is 12.4. The molecule has 21 heavy (non-hydrogen) atoms. The average molecular weight is 322 g/mol. The van der Waals surface area contributed by atoms with Crippen molar-refractivity contribution in [2.24, 2.45) is 11.7 Å². The van der Waals surface area contributed by atoms with Gasteiger partial charge in [-0.3, -0.25) is 0 Å². The molecule has 2 aromatic rings. The van der Waals surface area contributed by atoms with Crippen molar-refractivity contribution in [2.75, 3.05) is 0 Å². The summed E-state index contributed by atoms with van der Waals surface area (Å²) in [6.45, 7) is 4.42. The third-order valence-corrected chi connectivity index (χ3v) is 4.72. The third-order valence-electron chi connectivity index (χ3n) is 4.15. The fourth-order valence-electron chi connectivity index (χ4n) is 2.78. The van der Waals surface area contributed by atoms with Crippen LogP contribution in [0.1, 0.15) is 43.4 Å². The van der Waals surface area contributed by atoms with Gasteiger partial charge in [-0.15, -0.1) is 0 Å². The van der Waals surface area contributed by atoms with Gasteiger partial charge in [-0.25, -0.2) is 0 Å². The third kappa shape index (κ3) is 3.79. The van der Waals surface area contributed by atoms with Crippen molar-refractivity contribution >= 4 is 23.2 Å². The first-order chi connectivity index (χ1) is 10.0. The van der Waals surface area contributed by atoms with Gasteiger partial charge in [0.2, 0.25) is 0 Å². The van der Waals surface area contributed by atoms with Gasteiger partial charge in [-0.2, -0.15) is 0 Å². The van der Waals surface area contributed by atoms with E-state index in [1.807, 2.05) is 18.2 Å². The van der Waals surface area contributed by atoms with Crippen LogP contribution in [0.15, 0.2) is 48.5 Å². The van der Waals surface area contributed by atoms with E-state index in [9.17, 15) is 0 Å². The van der Waals surface area contributed by atoms with Crippen LogP contribution in [0.4, 0.5) is 0 Å². The van der Waals surface area contributed by atoms with E-state index in [-0.39, 0.29) is 12.0 Å². The van der Waals surface area contributed by atoms with E-state index in [4.69, 9.17) is 28.9 Å². The van der Waals surface area contributed by atoms with E-state index in [0.717, 1.165) is 12.0 Å². The minimum atomic E-state index is -0.173. The highest BCUT2D eigenvalue weighted by Crippen LogP contribution is 2.39. The summed E-state index contributed by atoms with van der Waals surface area (Å²) in [5, 5.41) is 1.34. The highest BCUT2D eigenvalue weighted by Gasteiger charge is 2.27. The lowest BCUT2D eigenvalue weighted by Gasteiger charge is -2.30. The minimum Gasteiger partial charge on any atom is -0.323 e. The van der Waals surface area contributed by atoms with Gasteiger partial charge in [0.05, 0.1) is 0 Å². The van der Waals surface area contributed by atoms with Crippen molar-refractivity contribution in [3.8, 4) is 0 Å². The molecule has 112 valence electrons. The Kier molecular flexibility index (Phi) is 5.69. The van der Waals surface area contributed by atoms with Gasteiger partial charge in [0.25, 0.3) is 0 Å². The standard InChI is InChI=1S/C18H21Cl2N/c1-3-12(2)17(13-7-5-4-6-8-13)18(21)15-11-14(19)9-10-16(15)20/h4-12,17-18H,3,21H2,1-2H3. The number of halogens is 2.